The van der Waals surface area contributed by atoms with Crippen LogP contribution in [0, 0.1) is 0 Å². The lowest BCUT2D eigenvalue weighted by Crippen LogP contribution is -2.12. The van der Waals surface area contributed by atoms with Crippen molar-refractivity contribution in [2.24, 2.45) is 0 Å². The molecule has 104 valence electrons. The first-order chi connectivity index (χ1) is 9.56. The molecule has 0 aliphatic carbocycles. The molecule has 0 aliphatic rings. The predicted molar refractivity (Wildman–Crippen MR) is 76.0 cm³/mol. The minimum Gasteiger partial charge on any atom is -0.491 e. The molecular weight excluding hydrogens is 256 g/mol. The molecule has 4 heteroatoms. The summed E-state index contributed by atoms with van der Waals surface area (Å²) >= 11 is 0. The summed E-state index contributed by atoms with van der Waals surface area (Å²) in [6.45, 7) is 1.92. The van der Waals surface area contributed by atoms with E-state index < -0.39 is 12.1 Å². The zero-order chi connectivity index (χ0) is 14.5. The van der Waals surface area contributed by atoms with Crippen molar-refractivity contribution in [3.8, 4) is 16.9 Å². The molecule has 0 amide bonds. The van der Waals surface area contributed by atoms with Gasteiger partial charge in [0.1, 0.15) is 12.4 Å². The van der Waals surface area contributed by atoms with Crippen molar-refractivity contribution < 1.29 is 19.7 Å². The third kappa shape index (κ3) is 3.59. The summed E-state index contributed by atoms with van der Waals surface area (Å²) in [6.07, 6.45) is -0.502. The minimum atomic E-state index is -0.932. The molecule has 20 heavy (non-hydrogen) atoms. The van der Waals surface area contributed by atoms with Crippen LogP contribution < -0.4 is 4.74 Å². The molecular formula is C16H16O4. The van der Waals surface area contributed by atoms with Crippen LogP contribution in [0.1, 0.15) is 17.3 Å². The van der Waals surface area contributed by atoms with Gasteiger partial charge in [-0.05, 0) is 42.3 Å². The number of carboxylic acid groups (broad SMARTS) is 1. The summed E-state index contributed by atoms with van der Waals surface area (Å²) in [7, 11) is 0. The number of ether oxygens (including phenoxy) is 1. The molecule has 4 nitrogen and oxygen atoms in total. The Kier molecular flexibility index (Phi) is 4.38. The van der Waals surface area contributed by atoms with Gasteiger partial charge >= 0.3 is 5.97 Å². The largest absolute Gasteiger partial charge is 0.491 e. The summed E-state index contributed by atoms with van der Waals surface area (Å²) in [5.74, 6) is -0.241. The summed E-state index contributed by atoms with van der Waals surface area (Å²) in [6, 6.07) is 14.1. The van der Waals surface area contributed by atoms with E-state index in [2.05, 4.69) is 0 Å². The van der Waals surface area contributed by atoms with E-state index in [9.17, 15) is 4.79 Å². The Hall–Kier alpha value is -2.33. The normalized spacial score (nSPS) is 11.9. The summed E-state index contributed by atoms with van der Waals surface area (Å²) in [4.78, 5) is 10.8. The van der Waals surface area contributed by atoms with E-state index in [1.54, 1.807) is 31.2 Å². The number of aliphatic hydroxyl groups excluding tert-OH is 1. The van der Waals surface area contributed by atoms with Gasteiger partial charge in [-0.2, -0.15) is 0 Å². The first-order valence-electron chi connectivity index (χ1n) is 6.31. The van der Waals surface area contributed by atoms with Gasteiger partial charge in [-0.25, -0.2) is 4.79 Å². The van der Waals surface area contributed by atoms with Crippen LogP contribution in [-0.4, -0.2) is 28.9 Å². The lowest BCUT2D eigenvalue weighted by atomic mass is 10.0. The average molecular weight is 272 g/mol. The van der Waals surface area contributed by atoms with Gasteiger partial charge < -0.3 is 14.9 Å². The second-order valence-electron chi connectivity index (χ2n) is 4.57. The van der Waals surface area contributed by atoms with Gasteiger partial charge in [-0.1, -0.05) is 24.3 Å². The van der Waals surface area contributed by atoms with Crippen LogP contribution in [-0.2, 0) is 0 Å². The Morgan fingerprint density at radius 3 is 2.00 bits per heavy atom. The Morgan fingerprint density at radius 2 is 1.55 bits per heavy atom. The fourth-order valence-corrected chi connectivity index (χ4v) is 1.77. The highest BCUT2D eigenvalue weighted by atomic mass is 16.5. The van der Waals surface area contributed by atoms with E-state index in [0.29, 0.717) is 5.75 Å². The van der Waals surface area contributed by atoms with Crippen molar-refractivity contribution in [1.29, 1.82) is 0 Å². The number of carboxylic acids is 1. The maximum Gasteiger partial charge on any atom is 0.335 e. The number of hydrogen-bond donors (Lipinski definition) is 2. The highest BCUT2D eigenvalue weighted by molar-refractivity contribution is 5.88. The van der Waals surface area contributed by atoms with Gasteiger partial charge in [-0.15, -0.1) is 0 Å². The fourth-order valence-electron chi connectivity index (χ4n) is 1.77. The van der Waals surface area contributed by atoms with E-state index in [1.807, 2.05) is 24.3 Å². The molecule has 1 atom stereocenters. The van der Waals surface area contributed by atoms with Crippen molar-refractivity contribution in [2.75, 3.05) is 6.61 Å². The standard InChI is InChI=1S/C16H16O4/c1-11(17)10-20-15-8-6-13(7-9-15)12-2-4-14(5-3-12)16(18)19/h2-9,11,17H,10H2,1H3,(H,18,19). The highest BCUT2D eigenvalue weighted by Crippen LogP contribution is 2.23. The van der Waals surface area contributed by atoms with Gasteiger partial charge in [0, 0.05) is 0 Å². The Morgan fingerprint density at radius 1 is 1.05 bits per heavy atom. The molecule has 0 aromatic heterocycles. The van der Waals surface area contributed by atoms with Crippen LogP contribution >= 0.6 is 0 Å². The monoisotopic (exact) mass is 272 g/mol. The van der Waals surface area contributed by atoms with Crippen LogP contribution in [0.4, 0.5) is 0 Å². The minimum absolute atomic E-state index is 0.257. The van der Waals surface area contributed by atoms with Crippen LogP contribution in [0.3, 0.4) is 0 Å². The number of carbonyl (C=O) groups is 1. The lowest BCUT2D eigenvalue weighted by molar-refractivity contribution is 0.0697. The second kappa shape index (κ2) is 6.21. The van der Waals surface area contributed by atoms with Gasteiger partial charge in [0.05, 0.1) is 11.7 Å². The van der Waals surface area contributed by atoms with Crippen molar-refractivity contribution >= 4 is 5.97 Å². The SMILES string of the molecule is CC(O)COc1ccc(-c2ccc(C(=O)O)cc2)cc1. The summed E-state index contributed by atoms with van der Waals surface area (Å²) < 4.78 is 5.38. The summed E-state index contributed by atoms with van der Waals surface area (Å²) in [5, 5.41) is 18.0. The zero-order valence-corrected chi connectivity index (χ0v) is 11.1. The zero-order valence-electron chi connectivity index (χ0n) is 11.1. The van der Waals surface area contributed by atoms with E-state index in [0.717, 1.165) is 11.1 Å². The lowest BCUT2D eigenvalue weighted by Gasteiger charge is -2.09. The quantitative estimate of drug-likeness (QED) is 0.878. The third-order valence-corrected chi connectivity index (χ3v) is 2.81. The average Bonchev–Trinajstić information content (AvgIpc) is 2.46. The van der Waals surface area contributed by atoms with Crippen LogP contribution in [0.15, 0.2) is 48.5 Å². The number of aliphatic hydroxyl groups is 1. The predicted octanol–water partition coefficient (Wildman–Crippen LogP) is 2.81. The van der Waals surface area contributed by atoms with Crippen molar-refractivity contribution in [1.82, 2.24) is 0 Å². The summed E-state index contributed by atoms with van der Waals surface area (Å²) in [5.41, 5.74) is 2.19. The Bertz CT molecular complexity index is 570. The van der Waals surface area contributed by atoms with Crippen molar-refractivity contribution in [3.63, 3.8) is 0 Å². The van der Waals surface area contributed by atoms with Crippen LogP contribution in [0.25, 0.3) is 11.1 Å². The van der Waals surface area contributed by atoms with Gasteiger partial charge in [0.2, 0.25) is 0 Å². The van der Waals surface area contributed by atoms with E-state index in [-0.39, 0.29) is 12.2 Å². The Labute approximate surface area is 117 Å². The second-order valence-corrected chi connectivity index (χ2v) is 4.57. The number of benzene rings is 2. The van der Waals surface area contributed by atoms with Crippen LogP contribution in [0.2, 0.25) is 0 Å². The van der Waals surface area contributed by atoms with E-state index >= 15 is 0 Å². The highest BCUT2D eigenvalue weighted by Gasteiger charge is 2.04. The molecule has 0 aliphatic heterocycles. The number of aromatic carboxylic acids is 1. The molecule has 2 aromatic rings. The van der Waals surface area contributed by atoms with E-state index in [4.69, 9.17) is 14.9 Å². The fraction of sp³-hybridized carbons (Fsp3) is 0.188. The van der Waals surface area contributed by atoms with Gasteiger partial charge in [0.25, 0.3) is 0 Å². The topological polar surface area (TPSA) is 66.8 Å². The molecule has 2 N–H and O–H groups in total. The van der Waals surface area contributed by atoms with E-state index in [1.165, 1.54) is 0 Å². The smallest absolute Gasteiger partial charge is 0.335 e. The number of hydrogen-bond acceptors (Lipinski definition) is 3. The van der Waals surface area contributed by atoms with Gasteiger partial charge in [0.15, 0.2) is 0 Å². The first kappa shape index (κ1) is 14.1. The third-order valence-electron chi connectivity index (χ3n) is 2.81. The molecule has 0 fully saturated rings. The molecule has 0 radical (unpaired) electrons. The van der Waals surface area contributed by atoms with Crippen LogP contribution in [0.5, 0.6) is 5.75 Å². The van der Waals surface area contributed by atoms with Crippen molar-refractivity contribution in [2.45, 2.75) is 13.0 Å². The maximum absolute atomic E-state index is 10.8. The molecule has 1 unspecified atom stereocenters. The Balaban J connectivity index is 2.11. The van der Waals surface area contributed by atoms with Gasteiger partial charge in [-0.3, -0.25) is 0 Å². The molecule has 0 bridgehead atoms. The molecule has 0 saturated heterocycles. The molecule has 0 saturated carbocycles. The maximum atomic E-state index is 10.8. The molecule has 2 rings (SSSR count). The molecule has 0 heterocycles. The number of rotatable bonds is 5. The molecule has 2 aromatic carbocycles. The first-order valence-corrected chi connectivity index (χ1v) is 6.31. The molecule has 0 spiro atoms. The van der Waals surface area contributed by atoms with Crippen molar-refractivity contribution in [3.05, 3.63) is 54.1 Å².